The monoisotopic (exact) mass is 274 g/mol. The van der Waals surface area contributed by atoms with Gasteiger partial charge in [-0.05, 0) is 24.3 Å². The molecule has 0 bridgehead atoms. The van der Waals surface area contributed by atoms with E-state index in [0.717, 1.165) is 6.33 Å². The third-order valence-electron chi connectivity index (χ3n) is 2.25. The van der Waals surface area contributed by atoms with Gasteiger partial charge in [-0.2, -0.15) is 10.1 Å². The van der Waals surface area contributed by atoms with Gasteiger partial charge in [-0.1, -0.05) is 0 Å². The number of aromatic amines is 1. The molecule has 1 aromatic heterocycles. The van der Waals surface area contributed by atoms with Crippen molar-refractivity contribution in [3.63, 3.8) is 0 Å². The van der Waals surface area contributed by atoms with Crippen molar-refractivity contribution in [3.05, 3.63) is 36.2 Å². The first kappa shape index (κ1) is 13.2. The minimum atomic E-state index is -1.11. The number of hydrogen-bond donors (Lipinski definition) is 4. The van der Waals surface area contributed by atoms with Gasteiger partial charge in [0, 0.05) is 11.3 Å². The number of nitrogens with two attached hydrogens (primary N) is 1. The molecule has 1 aromatic carbocycles. The van der Waals surface area contributed by atoms with E-state index < -0.39 is 17.7 Å². The first-order chi connectivity index (χ1) is 9.56. The number of imide groups is 1. The molecule has 1 heterocycles. The molecule has 0 unspecified atom stereocenters. The minimum absolute atomic E-state index is 0.00471. The molecule has 20 heavy (non-hydrogen) atoms. The number of carbonyl (C=O) groups excluding carboxylic acids is 3. The molecule has 0 aliphatic rings. The molecule has 0 radical (unpaired) electrons. The third kappa shape index (κ3) is 3.16. The van der Waals surface area contributed by atoms with Crippen LogP contribution in [0.25, 0.3) is 0 Å². The molecule has 0 saturated carbocycles. The zero-order valence-electron chi connectivity index (χ0n) is 10.1. The Hall–Kier alpha value is -3.23. The highest BCUT2D eigenvalue weighted by molar-refractivity contribution is 6.42. The average molecular weight is 274 g/mol. The molecule has 9 nitrogen and oxygen atoms in total. The summed E-state index contributed by atoms with van der Waals surface area (Å²) in [6.45, 7) is 0. The molecular formula is C11H10N6O3. The number of nitrogens with one attached hydrogen (secondary N) is 3. The van der Waals surface area contributed by atoms with Crippen LogP contribution in [-0.2, 0) is 9.59 Å². The molecule has 3 amide bonds. The van der Waals surface area contributed by atoms with Crippen LogP contribution in [0.15, 0.2) is 30.6 Å². The summed E-state index contributed by atoms with van der Waals surface area (Å²) in [5, 5.41) is 9.90. The summed E-state index contributed by atoms with van der Waals surface area (Å²) in [7, 11) is 0. The van der Waals surface area contributed by atoms with E-state index in [0.29, 0.717) is 5.69 Å². The topological polar surface area (TPSA) is 143 Å². The molecule has 2 rings (SSSR count). The van der Waals surface area contributed by atoms with Crippen molar-refractivity contribution in [1.82, 2.24) is 20.5 Å². The van der Waals surface area contributed by atoms with E-state index in [2.05, 4.69) is 20.5 Å². The first-order valence-corrected chi connectivity index (χ1v) is 5.44. The second kappa shape index (κ2) is 5.61. The highest BCUT2D eigenvalue weighted by atomic mass is 16.2. The molecule has 0 spiro atoms. The van der Waals surface area contributed by atoms with Gasteiger partial charge in [-0.15, -0.1) is 0 Å². The largest absolute Gasteiger partial charge is 0.399 e. The Kier molecular flexibility index (Phi) is 3.70. The minimum Gasteiger partial charge on any atom is -0.399 e. The van der Waals surface area contributed by atoms with Gasteiger partial charge in [-0.25, -0.2) is 5.10 Å². The summed E-state index contributed by atoms with van der Waals surface area (Å²) in [6, 6.07) is 5.89. The van der Waals surface area contributed by atoms with Crippen LogP contribution >= 0.6 is 0 Å². The number of aromatic nitrogens is 3. The van der Waals surface area contributed by atoms with Gasteiger partial charge in [0.25, 0.3) is 5.91 Å². The Morgan fingerprint density at radius 1 is 1.10 bits per heavy atom. The normalized spacial score (nSPS) is 9.80. The van der Waals surface area contributed by atoms with Crippen molar-refractivity contribution in [2.24, 2.45) is 0 Å². The van der Waals surface area contributed by atoms with E-state index in [1.54, 1.807) is 0 Å². The Morgan fingerprint density at radius 2 is 1.80 bits per heavy atom. The van der Waals surface area contributed by atoms with Crippen molar-refractivity contribution in [3.8, 4) is 0 Å². The molecule has 102 valence electrons. The molecule has 0 aliphatic carbocycles. The summed E-state index contributed by atoms with van der Waals surface area (Å²) in [5.74, 6) is -2.85. The summed E-state index contributed by atoms with van der Waals surface area (Å²) in [4.78, 5) is 38.2. The van der Waals surface area contributed by atoms with Crippen molar-refractivity contribution in [2.75, 3.05) is 11.1 Å². The lowest BCUT2D eigenvalue weighted by Crippen LogP contribution is -2.39. The maximum atomic E-state index is 11.7. The highest BCUT2D eigenvalue weighted by Crippen LogP contribution is 2.05. The SMILES string of the molecule is Nc1ccc(C(=O)NC(=O)C(=O)Nc2ncn[nH]2)cc1. The maximum Gasteiger partial charge on any atom is 0.316 e. The number of nitrogen functional groups attached to an aromatic ring is 1. The lowest BCUT2D eigenvalue weighted by Gasteiger charge is -2.04. The standard InChI is InChI=1S/C11H10N6O3/c12-7-3-1-6(2-4-7)8(18)15-9(19)10(20)16-11-13-5-14-17-11/h1-5H,12H2,(H,15,18,19)(H2,13,14,16,17,20). The molecule has 0 saturated heterocycles. The maximum absolute atomic E-state index is 11.7. The Bertz CT molecular complexity index is 635. The van der Waals surface area contributed by atoms with Gasteiger partial charge >= 0.3 is 11.8 Å². The molecule has 0 atom stereocenters. The van der Waals surface area contributed by atoms with Crippen molar-refractivity contribution >= 4 is 29.4 Å². The Morgan fingerprint density at radius 3 is 2.40 bits per heavy atom. The Labute approximate surface area is 112 Å². The van der Waals surface area contributed by atoms with Gasteiger partial charge < -0.3 is 5.73 Å². The molecular weight excluding hydrogens is 264 g/mol. The van der Waals surface area contributed by atoms with Crippen LogP contribution in [0.2, 0.25) is 0 Å². The van der Waals surface area contributed by atoms with E-state index in [1.807, 2.05) is 5.32 Å². The third-order valence-corrected chi connectivity index (χ3v) is 2.25. The molecule has 0 aliphatic heterocycles. The van der Waals surface area contributed by atoms with Gasteiger partial charge in [-0.3, -0.25) is 25.0 Å². The zero-order valence-corrected chi connectivity index (χ0v) is 10.1. The summed E-state index contributed by atoms with van der Waals surface area (Å²) < 4.78 is 0. The molecule has 5 N–H and O–H groups in total. The van der Waals surface area contributed by atoms with Gasteiger partial charge in [0.05, 0.1) is 0 Å². The van der Waals surface area contributed by atoms with Crippen molar-refractivity contribution in [1.29, 1.82) is 0 Å². The fourth-order valence-electron chi connectivity index (χ4n) is 1.30. The molecule has 2 aromatic rings. The number of rotatable bonds is 2. The Balaban J connectivity index is 1.95. The number of anilines is 2. The fourth-order valence-corrected chi connectivity index (χ4v) is 1.30. The van der Waals surface area contributed by atoms with Crippen LogP contribution < -0.4 is 16.4 Å². The van der Waals surface area contributed by atoms with Crippen LogP contribution in [0.1, 0.15) is 10.4 Å². The lowest BCUT2D eigenvalue weighted by molar-refractivity contribution is -0.135. The van der Waals surface area contributed by atoms with Crippen LogP contribution in [0.3, 0.4) is 0 Å². The summed E-state index contributed by atoms with van der Waals surface area (Å²) in [5.41, 5.74) is 6.16. The van der Waals surface area contributed by atoms with Crippen molar-refractivity contribution < 1.29 is 14.4 Å². The van der Waals surface area contributed by atoms with Crippen LogP contribution in [-0.4, -0.2) is 32.9 Å². The van der Waals surface area contributed by atoms with E-state index >= 15 is 0 Å². The quantitative estimate of drug-likeness (QED) is 0.420. The number of nitrogens with zero attached hydrogens (tertiary/aromatic N) is 2. The molecule has 9 heteroatoms. The second-order valence-corrected chi connectivity index (χ2v) is 3.69. The summed E-state index contributed by atoms with van der Waals surface area (Å²) >= 11 is 0. The van der Waals surface area contributed by atoms with Gasteiger partial charge in [0.1, 0.15) is 6.33 Å². The number of H-pyrrole nitrogens is 1. The number of carbonyl (C=O) groups is 3. The number of amides is 3. The molecule has 0 fully saturated rings. The smallest absolute Gasteiger partial charge is 0.316 e. The zero-order chi connectivity index (χ0) is 14.5. The fraction of sp³-hybridized carbons (Fsp3) is 0. The number of benzene rings is 1. The predicted molar refractivity (Wildman–Crippen MR) is 68.3 cm³/mol. The van der Waals surface area contributed by atoms with E-state index in [1.165, 1.54) is 24.3 Å². The lowest BCUT2D eigenvalue weighted by atomic mass is 10.2. The number of hydrogen-bond acceptors (Lipinski definition) is 6. The van der Waals surface area contributed by atoms with E-state index in [9.17, 15) is 14.4 Å². The van der Waals surface area contributed by atoms with Crippen LogP contribution in [0.5, 0.6) is 0 Å². The van der Waals surface area contributed by atoms with Crippen molar-refractivity contribution in [2.45, 2.75) is 0 Å². The van der Waals surface area contributed by atoms with Crippen LogP contribution in [0, 0.1) is 0 Å². The van der Waals surface area contributed by atoms with E-state index in [-0.39, 0.29) is 11.5 Å². The summed E-state index contributed by atoms with van der Waals surface area (Å²) in [6.07, 6.45) is 1.16. The van der Waals surface area contributed by atoms with Gasteiger partial charge in [0.15, 0.2) is 0 Å². The average Bonchev–Trinajstić information content (AvgIpc) is 2.92. The second-order valence-electron chi connectivity index (χ2n) is 3.69. The first-order valence-electron chi connectivity index (χ1n) is 5.44. The predicted octanol–water partition coefficient (Wildman–Crippen LogP) is -0.718. The van der Waals surface area contributed by atoms with Crippen LogP contribution in [0.4, 0.5) is 11.6 Å². The van der Waals surface area contributed by atoms with E-state index in [4.69, 9.17) is 5.73 Å². The highest BCUT2D eigenvalue weighted by Gasteiger charge is 2.18. The van der Waals surface area contributed by atoms with Gasteiger partial charge in [0.2, 0.25) is 5.95 Å².